The summed E-state index contributed by atoms with van der Waals surface area (Å²) < 4.78 is 9.53. The summed E-state index contributed by atoms with van der Waals surface area (Å²) in [5, 5.41) is 13.3. The molecule has 0 amide bonds. The molecular formula is C18H25ClN8OSi. The number of halogens is 1. The maximum atomic E-state index is 6.12. The molecule has 0 N–H and O–H groups in total. The molecule has 1 unspecified atom stereocenters. The topological polar surface area (TPSA) is 86.8 Å². The van der Waals surface area contributed by atoms with Crippen LogP contribution in [0.3, 0.4) is 0 Å². The zero-order chi connectivity index (χ0) is 20.6. The summed E-state index contributed by atoms with van der Waals surface area (Å²) in [4.78, 5) is 10.7. The van der Waals surface area contributed by atoms with Crippen molar-refractivity contribution in [3.63, 3.8) is 0 Å². The first-order valence-electron chi connectivity index (χ1n) is 9.70. The minimum atomic E-state index is -1.11. The molecule has 1 aliphatic heterocycles. The smallest absolute Gasteiger partial charge is 0.224 e. The predicted molar refractivity (Wildman–Crippen MR) is 113 cm³/mol. The van der Waals surface area contributed by atoms with Gasteiger partial charge in [-0.25, -0.2) is 9.67 Å². The van der Waals surface area contributed by atoms with Crippen LogP contribution in [0.25, 0.3) is 5.69 Å². The van der Waals surface area contributed by atoms with E-state index in [1.54, 1.807) is 17.2 Å². The van der Waals surface area contributed by atoms with Crippen molar-refractivity contribution in [2.24, 2.45) is 0 Å². The van der Waals surface area contributed by atoms with Gasteiger partial charge < -0.3 is 4.74 Å². The Morgan fingerprint density at radius 1 is 1.28 bits per heavy atom. The second-order valence-corrected chi connectivity index (χ2v) is 14.2. The van der Waals surface area contributed by atoms with E-state index in [1.165, 1.54) is 0 Å². The van der Waals surface area contributed by atoms with Gasteiger partial charge in [-0.3, -0.25) is 9.47 Å². The van der Waals surface area contributed by atoms with Gasteiger partial charge in [0.05, 0.1) is 12.2 Å². The quantitative estimate of drug-likeness (QED) is 0.318. The van der Waals surface area contributed by atoms with Crippen LogP contribution in [0.15, 0.2) is 24.8 Å². The van der Waals surface area contributed by atoms with Gasteiger partial charge in [0.2, 0.25) is 5.28 Å². The predicted octanol–water partition coefficient (Wildman–Crippen LogP) is 3.82. The van der Waals surface area contributed by atoms with Crippen LogP contribution in [0.2, 0.25) is 31.0 Å². The summed E-state index contributed by atoms with van der Waals surface area (Å²) in [6.07, 6.45) is 6.08. The minimum Gasteiger partial charge on any atom is -0.360 e. The first-order chi connectivity index (χ1) is 13.9. The highest BCUT2D eigenvalue weighted by atomic mass is 35.5. The van der Waals surface area contributed by atoms with Crippen LogP contribution in [-0.4, -0.2) is 49.2 Å². The molecule has 11 heteroatoms. The summed E-state index contributed by atoms with van der Waals surface area (Å²) in [5.74, 6) is 2.27. The fraction of sp³-hybridized carbons (Fsp3) is 0.500. The summed E-state index contributed by atoms with van der Waals surface area (Å²) in [5.41, 5.74) is 0.778. The van der Waals surface area contributed by atoms with Crippen molar-refractivity contribution >= 4 is 31.3 Å². The van der Waals surface area contributed by atoms with E-state index in [0.717, 1.165) is 36.4 Å². The highest BCUT2D eigenvalue weighted by molar-refractivity contribution is 6.76. The zero-order valence-corrected chi connectivity index (χ0v) is 18.8. The third-order valence-corrected chi connectivity index (χ3v) is 6.76. The van der Waals surface area contributed by atoms with Crippen molar-refractivity contribution in [3.8, 4) is 5.69 Å². The van der Waals surface area contributed by atoms with Crippen molar-refractivity contribution < 1.29 is 4.74 Å². The van der Waals surface area contributed by atoms with Crippen LogP contribution in [-0.2, 0) is 11.5 Å². The van der Waals surface area contributed by atoms with E-state index in [-0.39, 0.29) is 11.3 Å². The van der Waals surface area contributed by atoms with Crippen LogP contribution in [0, 0.1) is 0 Å². The molecular weight excluding hydrogens is 408 g/mol. The molecule has 9 nitrogen and oxygen atoms in total. The van der Waals surface area contributed by atoms with Crippen LogP contribution in [0.1, 0.15) is 25.2 Å². The van der Waals surface area contributed by atoms with Crippen molar-refractivity contribution in [2.75, 3.05) is 11.5 Å². The molecule has 1 atom stereocenters. The second kappa shape index (κ2) is 7.85. The van der Waals surface area contributed by atoms with Gasteiger partial charge in [0.15, 0.2) is 17.5 Å². The lowest BCUT2D eigenvalue weighted by Gasteiger charge is -2.35. The number of rotatable bonds is 7. The molecule has 0 spiro atoms. The Balaban J connectivity index is 1.61. The lowest BCUT2D eigenvalue weighted by atomic mass is 10.1. The molecule has 154 valence electrons. The highest BCUT2D eigenvalue weighted by Gasteiger charge is 2.35. The summed E-state index contributed by atoms with van der Waals surface area (Å²) in [6, 6.07) is 3.02. The number of hydrogen-bond donors (Lipinski definition) is 0. The van der Waals surface area contributed by atoms with Crippen molar-refractivity contribution in [1.82, 2.24) is 34.5 Å². The molecule has 0 saturated carbocycles. The van der Waals surface area contributed by atoms with E-state index in [2.05, 4.69) is 46.7 Å². The number of ether oxygens (including phenoxy) is 1. The fourth-order valence-corrected chi connectivity index (χ4v) is 4.22. The molecule has 3 aromatic heterocycles. The minimum absolute atomic E-state index is 0.0628. The average Bonchev–Trinajstić information content (AvgIpc) is 3.32. The first kappa shape index (κ1) is 20.0. The van der Waals surface area contributed by atoms with E-state index in [9.17, 15) is 0 Å². The van der Waals surface area contributed by atoms with E-state index in [4.69, 9.17) is 21.4 Å². The molecule has 4 heterocycles. The lowest BCUT2D eigenvalue weighted by molar-refractivity contribution is 0.0787. The van der Waals surface area contributed by atoms with Gasteiger partial charge in [0.1, 0.15) is 18.7 Å². The van der Waals surface area contributed by atoms with Gasteiger partial charge >= 0.3 is 0 Å². The number of nitrogens with zero attached hydrogens (tertiary/aromatic N) is 8. The largest absolute Gasteiger partial charge is 0.360 e. The van der Waals surface area contributed by atoms with E-state index < -0.39 is 8.07 Å². The molecule has 0 saturated heterocycles. The average molecular weight is 433 g/mol. The van der Waals surface area contributed by atoms with Crippen LogP contribution < -0.4 is 4.90 Å². The second-order valence-electron chi connectivity index (χ2n) is 8.26. The lowest BCUT2D eigenvalue weighted by Crippen LogP contribution is -2.32. The third kappa shape index (κ3) is 4.05. The van der Waals surface area contributed by atoms with Gasteiger partial charge in [-0.15, -0.1) is 10.2 Å². The van der Waals surface area contributed by atoms with Gasteiger partial charge in [-0.2, -0.15) is 10.1 Å². The van der Waals surface area contributed by atoms with E-state index >= 15 is 0 Å². The Morgan fingerprint density at radius 2 is 2.10 bits per heavy atom. The Labute approximate surface area is 175 Å². The maximum Gasteiger partial charge on any atom is 0.224 e. The van der Waals surface area contributed by atoms with E-state index in [0.29, 0.717) is 12.5 Å². The zero-order valence-electron chi connectivity index (χ0n) is 17.1. The summed E-state index contributed by atoms with van der Waals surface area (Å²) >= 11 is 6.12. The number of hydrogen-bond acceptors (Lipinski definition) is 7. The van der Waals surface area contributed by atoms with Gasteiger partial charge in [0.25, 0.3) is 0 Å². The SMILES string of the molecule is CCC1c2nncn2-c2cnc(Cl)nc2N1c1ccn(COCC[Si](C)(C)C)n1. The molecule has 0 bridgehead atoms. The fourth-order valence-electron chi connectivity index (χ4n) is 3.33. The Hall–Kier alpha value is -2.30. The molecule has 0 fully saturated rings. The summed E-state index contributed by atoms with van der Waals surface area (Å²) in [6.45, 7) is 10.3. The summed E-state index contributed by atoms with van der Waals surface area (Å²) in [7, 11) is -1.11. The Bertz CT molecular complexity index is 998. The van der Waals surface area contributed by atoms with Gasteiger partial charge in [0, 0.05) is 26.9 Å². The van der Waals surface area contributed by atoms with Crippen molar-refractivity contribution in [3.05, 3.63) is 35.9 Å². The van der Waals surface area contributed by atoms with Crippen LogP contribution in [0.4, 0.5) is 11.6 Å². The molecule has 4 rings (SSSR count). The monoisotopic (exact) mass is 432 g/mol. The number of aromatic nitrogens is 7. The third-order valence-electron chi connectivity index (χ3n) is 4.87. The van der Waals surface area contributed by atoms with Gasteiger partial charge in [-0.1, -0.05) is 26.6 Å². The molecule has 0 radical (unpaired) electrons. The van der Waals surface area contributed by atoms with Crippen molar-refractivity contribution in [2.45, 2.75) is 51.8 Å². The first-order valence-corrected chi connectivity index (χ1v) is 13.8. The van der Waals surface area contributed by atoms with Crippen LogP contribution >= 0.6 is 11.6 Å². The Kier molecular flexibility index (Phi) is 5.41. The van der Waals surface area contributed by atoms with Crippen LogP contribution in [0.5, 0.6) is 0 Å². The Morgan fingerprint density at radius 3 is 2.86 bits per heavy atom. The maximum absolute atomic E-state index is 6.12. The normalized spacial score (nSPS) is 16.0. The molecule has 29 heavy (non-hydrogen) atoms. The highest BCUT2D eigenvalue weighted by Crippen LogP contribution is 2.42. The molecule has 1 aliphatic rings. The molecule has 0 aliphatic carbocycles. The van der Waals surface area contributed by atoms with E-state index in [1.807, 2.05) is 21.7 Å². The van der Waals surface area contributed by atoms with Gasteiger partial charge in [-0.05, 0) is 24.1 Å². The standard InChI is InChI=1S/C18H25ClN8OSi/c1-5-13-17-23-21-11-26(17)14-10-20-18(19)22-16(14)27(13)15-6-7-25(24-15)12-28-8-9-29(2,3)4/h6-7,10-11,13H,5,8-9,12H2,1-4H3. The number of fused-ring (bicyclic) bond motifs is 3. The molecule has 0 aromatic carbocycles. The molecule has 3 aromatic rings. The van der Waals surface area contributed by atoms with Crippen molar-refractivity contribution in [1.29, 1.82) is 0 Å². The number of anilines is 2.